The second kappa shape index (κ2) is 2.16. The molecule has 38 valence electrons. The Morgan fingerprint density at radius 3 is 3.00 bits per heavy atom. The molecule has 1 aliphatic rings. The normalized spacial score (nSPS) is 15.1. The van der Waals surface area contributed by atoms with Crippen LogP contribution in [0.3, 0.4) is 0 Å². The second-order valence-electron chi connectivity index (χ2n) is 1.55. The van der Waals surface area contributed by atoms with Crippen molar-refractivity contribution in [1.29, 1.82) is 5.26 Å². The van der Waals surface area contributed by atoms with Crippen LogP contribution in [0.4, 0.5) is 0 Å². The predicted molar refractivity (Wildman–Crippen MR) is 31.0 cm³/mol. The lowest BCUT2D eigenvalue weighted by atomic mass is 10.1. The molecule has 0 fully saturated rings. The van der Waals surface area contributed by atoms with Crippen LogP contribution in [0.5, 0.6) is 0 Å². The summed E-state index contributed by atoms with van der Waals surface area (Å²) in [7, 11) is 0. The first-order valence-electron chi connectivity index (χ1n) is 2.43. The third-order valence-electron chi connectivity index (χ3n) is 0.964. The SMILES string of the molecule is N#CC1=CC=C=CC1. The smallest absolute Gasteiger partial charge is 0.0950 e. The Bertz CT molecular complexity index is 209. The van der Waals surface area contributed by atoms with Crippen molar-refractivity contribution in [3.05, 3.63) is 29.5 Å². The van der Waals surface area contributed by atoms with Gasteiger partial charge < -0.3 is 0 Å². The van der Waals surface area contributed by atoms with Gasteiger partial charge >= 0.3 is 0 Å². The molecule has 1 aliphatic carbocycles. The number of hydrogen-bond donors (Lipinski definition) is 0. The molecule has 0 aromatic rings. The minimum absolute atomic E-state index is 0.743. The number of hydrogen-bond acceptors (Lipinski definition) is 1. The topological polar surface area (TPSA) is 23.8 Å². The van der Waals surface area contributed by atoms with Crippen molar-refractivity contribution in [3.8, 4) is 6.07 Å². The van der Waals surface area contributed by atoms with Crippen LogP contribution in [0.1, 0.15) is 6.42 Å². The van der Waals surface area contributed by atoms with Crippen molar-refractivity contribution in [3.63, 3.8) is 0 Å². The Hall–Kier alpha value is -1.25. The standard InChI is InChI=1S/C7H5N/c8-6-7-4-2-1-3-5-7/h2-4H,5H2. The Labute approximate surface area is 48.2 Å². The summed E-state index contributed by atoms with van der Waals surface area (Å²) < 4.78 is 0. The number of rotatable bonds is 0. The summed E-state index contributed by atoms with van der Waals surface area (Å²) in [4.78, 5) is 0. The van der Waals surface area contributed by atoms with E-state index in [9.17, 15) is 0 Å². The summed E-state index contributed by atoms with van der Waals surface area (Å²) in [5.41, 5.74) is 3.68. The Balaban J connectivity index is 2.81. The predicted octanol–water partition coefficient (Wildman–Crippen LogP) is 1.55. The van der Waals surface area contributed by atoms with Gasteiger partial charge in [0.05, 0.1) is 6.07 Å². The Kier molecular flexibility index (Phi) is 1.32. The summed E-state index contributed by atoms with van der Waals surface area (Å²) in [6.45, 7) is 0. The summed E-state index contributed by atoms with van der Waals surface area (Å²) in [6.07, 6.45) is 6.12. The van der Waals surface area contributed by atoms with Crippen molar-refractivity contribution >= 4 is 0 Å². The first kappa shape index (κ1) is 4.90. The third kappa shape index (κ3) is 0.872. The van der Waals surface area contributed by atoms with Crippen molar-refractivity contribution in [2.45, 2.75) is 6.42 Å². The van der Waals surface area contributed by atoms with Gasteiger partial charge in [-0.05, 0) is 18.2 Å². The maximum atomic E-state index is 8.30. The van der Waals surface area contributed by atoms with E-state index in [1.807, 2.05) is 6.08 Å². The van der Waals surface area contributed by atoms with E-state index < -0.39 is 0 Å². The number of nitriles is 1. The van der Waals surface area contributed by atoms with Crippen LogP contribution in [-0.2, 0) is 0 Å². The molecule has 1 heteroatoms. The summed E-state index contributed by atoms with van der Waals surface area (Å²) in [6, 6.07) is 2.06. The van der Waals surface area contributed by atoms with Crippen molar-refractivity contribution in [1.82, 2.24) is 0 Å². The lowest BCUT2D eigenvalue weighted by Crippen LogP contribution is -1.75. The molecule has 0 unspecified atom stereocenters. The molecule has 0 bridgehead atoms. The fourth-order valence-corrected chi connectivity index (χ4v) is 0.537. The molecule has 0 saturated heterocycles. The van der Waals surface area contributed by atoms with E-state index in [2.05, 4.69) is 11.8 Å². The summed E-state index contributed by atoms with van der Waals surface area (Å²) >= 11 is 0. The highest BCUT2D eigenvalue weighted by Crippen LogP contribution is 2.03. The number of allylic oxidation sites excluding steroid dienone is 3. The van der Waals surface area contributed by atoms with Gasteiger partial charge in [-0.1, -0.05) is 0 Å². The van der Waals surface area contributed by atoms with E-state index in [4.69, 9.17) is 5.26 Å². The molecular weight excluding hydrogens is 98.1 g/mol. The minimum atomic E-state index is 0.743. The van der Waals surface area contributed by atoms with Crippen LogP contribution < -0.4 is 0 Å². The lowest BCUT2D eigenvalue weighted by Gasteiger charge is -1.88. The first-order chi connectivity index (χ1) is 3.93. The van der Waals surface area contributed by atoms with E-state index >= 15 is 0 Å². The molecular formula is C7H5N. The molecule has 0 spiro atoms. The highest BCUT2D eigenvalue weighted by Gasteiger charge is 1.90. The van der Waals surface area contributed by atoms with E-state index in [1.165, 1.54) is 0 Å². The minimum Gasteiger partial charge on any atom is -0.193 e. The highest BCUT2D eigenvalue weighted by atomic mass is 14.2. The molecule has 8 heavy (non-hydrogen) atoms. The van der Waals surface area contributed by atoms with Crippen molar-refractivity contribution < 1.29 is 0 Å². The average Bonchev–Trinajstić information content (AvgIpc) is 1.90. The Morgan fingerprint density at radius 1 is 1.75 bits per heavy atom. The molecule has 0 amide bonds. The second-order valence-corrected chi connectivity index (χ2v) is 1.55. The van der Waals surface area contributed by atoms with Crippen LogP contribution in [0.25, 0.3) is 0 Å². The van der Waals surface area contributed by atoms with Crippen molar-refractivity contribution in [2.75, 3.05) is 0 Å². The fraction of sp³-hybridized carbons (Fsp3) is 0.143. The molecule has 0 aromatic carbocycles. The molecule has 0 saturated carbocycles. The van der Waals surface area contributed by atoms with E-state index in [0.717, 1.165) is 12.0 Å². The molecule has 0 atom stereocenters. The van der Waals surface area contributed by atoms with Crippen LogP contribution in [0.2, 0.25) is 0 Å². The van der Waals surface area contributed by atoms with Gasteiger partial charge in [0.1, 0.15) is 0 Å². The Morgan fingerprint density at radius 2 is 2.62 bits per heavy atom. The van der Waals surface area contributed by atoms with Crippen LogP contribution in [-0.4, -0.2) is 0 Å². The lowest BCUT2D eigenvalue weighted by molar-refractivity contribution is 1.27. The van der Waals surface area contributed by atoms with Gasteiger partial charge in [0.15, 0.2) is 0 Å². The first-order valence-corrected chi connectivity index (χ1v) is 2.43. The zero-order valence-corrected chi connectivity index (χ0v) is 4.39. The van der Waals surface area contributed by atoms with Gasteiger partial charge in [0.25, 0.3) is 0 Å². The maximum absolute atomic E-state index is 8.30. The average molecular weight is 103 g/mol. The zero-order valence-electron chi connectivity index (χ0n) is 4.39. The van der Waals surface area contributed by atoms with Crippen LogP contribution in [0, 0.1) is 11.3 Å². The van der Waals surface area contributed by atoms with Gasteiger partial charge in [-0.15, -0.1) is 5.73 Å². The van der Waals surface area contributed by atoms with Crippen LogP contribution in [0.15, 0.2) is 29.5 Å². The van der Waals surface area contributed by atoms with Gasteiger partial charge in [-0.25, -0.2) is 0 Å². The molecule has 0 N–H and O–H groups in total. The molecule has 0 radical (unpaired) electrons. The van der Waals surface area contributed by atoms with Gasteiger partial charge in [-0.2, -0.15) is 5.26 Å². The van der Waals surface area contributed by atoms with Crippen LogP contribution >= 0.6 is 0 Å². The van der Waals surface area contributed by atoms with Crippen molar-refractivity contribution in [2.24, 2.45) is 0 Å². The molecule has 1 nitrogen and oxygen atoms in total. The van der Waals surface area contributed by atoms with E-state index in [-0.39, 0.29) is 0 Å². The monoisotopic (exact) mass is 103 g/mol. The van der Waals surface area contributed by atoms with Gasteiger partial charge in [-0.3, -0.25) is 0 Å². The summed E-state index contributed by atoms with van der Waals surface area (Å²) in [5.74, 6) is 0. The van der Waals surface area contributed by atoms with E-state index in [1.54, 1.807) is 12.2 Å². The quantitative estimate of drug-likeness (QED) is 0.427. The molecule has 0 aliphatic heterocycles. The third-order valence-corrected chi connectivity index (χ3v) is 0.964. The number of nitrogens with zero attached hydrogens (tertiary/aromatic N) is 1. The molecule has 1 rings (SSSR count). The fourth-order valence-electron chi connectivity index (χ4n) is 0.537. The highest BCUT2D eigenvalue weighted by molar-refractivity contribution is 5.30. The maximum Gasteiger partial charge on any atom is 0.0950 e. The molecule has 0 aromatic heterocycles. The van der Waals surface area contributed by atoms with Gasteiger partial charge in [0, 0.05) is 12.0 Å². The van der Waals surface area contributed by atoms with E-state index in [0.29, 0.717) is 0 Å². The molecule has 0 heterocycles. The summed E-state index contributed by atoms with van der Waals surface area (Å²) in [5, 5.41) is 8.30. The zero-order chi connectivity index (χ0) is 5.82. The van der Waals surface area contributed by atoms with Gasteiger partial charge in [0.2, 0.25) is 0 Å². The largest absolute Gasteiger partial charge is 0.193 e.